The molecule has 0 aliphatic carbocycles. The van der Waals surface area contributed by atoms with Crippen LogP contribution < -0.4 is 9.64 Å². The molecular weight excluding hydrogens is 402 g/mol. The molecular formula is C21H15Cl2FN2O2. The minimum Gasteiger partial charge on any atom is -0.453 e. The Balaban J connectivity index is 1.68. The van der Waals surface area contributed by atoms with Crippen LogP contribution in [-0.4, -0.2) is 17.4 Å². The van der Waals surface area contributed by atoms with Crippen LogP contribution in [0.25, 0.3) is 0 Å². The maximum absolute atomic E-state index is 13.6. The molecule has 4 rings (SSSR count). The summed E-state index contributed by atoms with van der Waals surface area (Å²) >= 11 is 12.1. The third kappa shape index (κ3) is 3.68. The Kier molecular flexibility index (Phi) is 5.20. The van der Waals surface area contributed by atoms with Gasteiger partial charge in [-0.1, -0.05) is 23.2 Å². The van der Waals surface area contributed by atoms with Gasteiger partial charge in [0.05, 0.1) is 16.8 Å². The van der Waals surface area contributed by atoms with Crippen molar-refractivity contribution in [3.63, 3.8) is 0 Å². The van der Waals surface area contributed by atoms with Crippen LogP contribution in [0, 0.1) is 5.82 Å². The highest BCUT2D eigenvalue weighted by Gasteiger charge is 2.26. The van der Waals surface area contributed by atoms with Crippen LogP contribution in [0.4, 0.5) is 10.1 Å². The van der Waals surface area contributed by atoms with E-state index in [4.69, 9.17) is 27.9 Å². The SMILES string of the molecule is O=C(c1ccncc1Oc1ccc(Cl)cc1Cl)N1CCCc2cc(F)ccc21. The van der Waals surface area contributed by atoms with Crippen molar-refractivity contribution >= 4 is 34.8 Å². The summed E-state index contributed by atoms with van der Waals surface area (Å²) in [5.41, 5.74) is 1.87. The van der Waals surface area contributed by atoms with Crippen molar-refractivity contribution in [2.75, 3.05) is 11.4 Å². The van der Waals surface area contributed by atoms with Gasteiger partial charge in [-0.3, -0.25) is 9.78 Å². The lowest BCUT2D eigenvalue weighted by Crippen LogP contribution is -2.35. The van der Waals surface area contributed by atoms with E-state index in [1.807, 2.05) is 0 Å². The number of carbonyl (C=O) groups excluding carboxylic acids is 1. The summed E-state index contributed by atoms with van der Waals surface area (Å²) < 4.78 is 19.4. The first-order valence-electron chi connectivity index (χ1n) is 8.70. The van der Waals surface area contributed by atoms with Crippen LogP contribution in [0.15, 0.2) is 54.9 Å². The fourth-order valence-corrected chi connectivity index (χ4v) is 3.68. The first kappa shape index (κ1) is 18.7. The number of benzene rings is 2. The number of fused-ring (bicyclic) bond motifs is 1. The molecule has 0 spiro atoms. The van der Waals surface area contributed by atoms with Crippen LogP contribution in [0.5, 0.6) is 11.5 Å². The molecule has 2 heterocycles. The van der Waals surface area contributed by atoms with Crippen LogP contribution >= 0.6 is 23.2 Å². The monoisotopic (exact) mass is 416 g/mol. The number of pyridine rings is 1. The highest BCUT2D eigenvalue weighted by molar-refractivity contribution is 6.35. The molecule has 1 aliphatic rings. The van der Waals surface area contributed by atoms with E-state index < -0.39 is 0 Å². The zero-order valence-corrected chi connectivity index (χ0v) is 16.2. The van der Waals surface area contributed by atoms with Gasteiger partial charge >= 0.3 is 0 Å². The third-order valence-corrected chi connectivity index (χ3v) is 5.06. The molecule has 0 bridgehead atoms. The predicted molar refractivity (Wildman–Crippen MR) is 107 cm³/mol. The molecule has 0 unspecified atom stereocenters. The Morgan fingerprint density at radius 2 is 1.96 bits per heavy atom. The van der Waals surface area contributed by atoms with Crippen LogP contribution in [0.2, 0.25) is 10.0 Å². The number of aryl methyl sites for hydroxylation is 1. The second kappa shape index (κ2) is 7.78. The molecule has 28 heavy (non-hydrogen) atoms. The van der Waals surface area contributed by atoms with Crippen molar-refractivity contribution in [3.05, 3.63) is 81.8 Å². The van der Waals surface area contributed by atoms with Crippen molar-refractivity contribution in [3.8, 4) is 11.5 Å². The van der Waals surface area contributed by atoms with Gasteiger partial charge in [0.2, 0.25) is 0 Å². The van der Waals surface area contributed by atoms with Gasteiger partial charge in [-0.05, 0) is 60.9 Å². The number of nitrogens with zero attached hydrogens (tertiary/aromatic N) is 2. The van der Waals surface area contributed by atoms with E-state index in [0.717, 1.165) is 18.4 Å². The number of halogens is 3. The average Bonchev–Trinajstić information content (AvgIpc) is 2.69. The number of hydrogen-bond donors (Lipinski definition) is 0. The first-order valence-corrected chi connectivity index (χ1v) is 9.46. The molecule has 0 saturated heterocycles. The minimum absolute atomic E-state index is 0.241. The van der Waals surface area contributed by atoms with Crippen molar-refractivity contribution < 1.29 is 13.9 Å². The van der Waals surface area contributed by atoms with E-state index >= 15 is 0 Å². The van der Waals surface area contributed by atoms with Gasteiger partial charge in [0, 0.05) is 23.5 Å². The van der Waals surface area contributed by atoms with Crippen molar-refractivity contribution in [1.82, 2.24) is 4.98 Å². The van der Waals surface area contributed by atoms with E-state index in [1.54, 1.807) is 35.2 Å². The number of ether oxygens (including phenoxy) is 1. The highest BCUT2D eigenvalue weighted by atomic mass is 35.5. The van der Waals surface area contributed by atoms with E-state index in [0.29, 0.717) is 33.6 Å². The minimum atomic E-state index is -0.307. The molecule has 0 fully saturated rings. The lowest BCUT2D eigenvalue weighted by atomic mass is 10.0. The molecule has 3 aromatic rings. The second-order valence-electron chi connectivity index (χ2n) is 6.38. The second-order valence-corrected chi connectivity index (χ2v) is 7.23. The molecule has 4 nitrogen and oxygen atoms in total. The number of hydrogen-bond acceptors (Lipinski definition) is 3. The van der Waals surface area contributed by atoms with Crippen LogP contribution in [-0.2, 0) is 6.42 Å². The smallest absolute Gasteiger partial charge is 0.262 e. The molecule has 0 atom stereocenters. The molecule has 0 radical (unpaired) electrons. The van der Waals surface area contributed by atoms with E-state index in [2.05, 4.69) is 4.98 Å². The lowest BCUT2D eigenvalue weighted by molar-refractivity contribution is 0.0982. The summed E-state index contributed by atoms with van der Waals surface area (Å²) in [5.74, 6) is 0.105. The molecule has 0 N–H and O–H groups in total. The van der Waals surface area contributed by atoms with E-state index in [9.17, 15) is 9.18 Å². The van der Waals surface area contributed by atoms with E-state index in [1.165, 1.54) is 24.5 Å². The Bertz CT molecular complexity index is 1060. The summed E-state index contributed by atoms with van der Waals surface area (Å²) in [5, 5.41) is 0.811. The molecule has 7 heteroatoms. The molecule has 0 saturated carbocycles. The van der Waals surface area contributed by atoms with Crippen molar-refractivity contribution in [2.24, 2.45) is 0 Å². The number of amides is 1. The van der Waals surface area contributed by atoms with Gasteiger partial charge in [0.25, 0.3) is 5.91 Å². The first-order chi connectivity index (χ1) is 13.5. The van der Waals surface area contributed by atoms with Crippen LogP contribution in [0.3, 0.4) is 0 Å². The molecule has 1 aliphatic heterocycles. The van der Waals surface area contributed by atoms with Gasteiger partial charge in [-0.2, -0.15) is 0 Å². The zero-order valence-electron chi connectivity index (χ0n) is 14.7. The third-order valence-electron chi connectivity index (χ3n) is 4.53. The van der Waals surface area contributed by atoms with E-state index in [-0.39, 0.29) is 17.5 Å². The summed E-state index contributed by atoms with van der Waals surface area (Å²) in [4.78, 5) is 19.0. The largest absolute Gasteiger partial charge is 0.453 e. The van der Waals surface area contributed by atoms with Crippen LogP contribution in [0.1, 0.15) is 22.3 Å². The molecule has 1 amide bonds. The Morgan fingerprint density at radius 1 is 1.11 bits per heavy atom. The number of aromatic nitrogens is 1. The number of anilines is 1. The standard InChI is InChI=1S/C21H15Cl2FN2O2/c22-14-3-6-19(17(23)11-14)28-20-12-25-8-7-16(20)21(27)26-9-1-2-13-10-15(24)4-5-18(13)26/h3-8,10-12H,1-2,9H2. The Hall–Kier alpha value is -2.63. The van der Waals surface area contributed by atoms with Gasteiger partial charge in [0.1, 0.15) is 11.6 Å². The highest BCUT2D eigenvalue weighted by Crippen LogP contribution is 2.35. The normalized spacial score (nSPS) is 13.2. The number of rotatable bonds is 3. The predicted octanol–water partition coefficient (Wildman–Crippen LogP) is 5.91. The summed E-state index contributed by atoms with van der Waals surface area (Å²) in [6.07, 6.45) is 4.48. The molecule has 2 aromatic carbocycles. The van der Waals surface area contributed by atoms with Crippen molar-refractivity contribution in [1.29, 1.82) is 0 Å². The van der Waals surface area contributed by atoms with Gasteiger partial charge < -0.3 is 9.64 Å². The van der Waals surface area contributed by atoms with Crippen molar-refractivity contribution in [2.45, 2.75) is 12.8 Å². The molecule has 1 aromatic heterocycles. The fraction of sp³-hybridized carbons (Fsp3) is 0.143. The quantitative estimate of drug-likeness (QED) is 0.532. The maximum Gasteiger partial charge on any atom is 0.262 e. The Morgan fingerprint density at radius 3 is 2.79 bits per heavy atom. The summed E-state index contributed by atoms with van der Waals surface area (Å²) in [6.45, 7) is 0.543. The van der Waals surface area contributed by atoms with Gasteiger partial charge in [-0.25, -0.2) is 4.39 Å². The lowest BCUT2D eigenvalue weighted by Gasteiger charge is -2.30. The molecule has 142 valence electrons. The van der Waals surface area contributed by atoms with Gasteiger partial charge in [0.15, 0.2) is 5.75 Å². The summed E-state index contributed by atoms with van der Waals surface area (Å²) in [6, 6.07) is 10.9. The average molecular weight is 417 g/mol. The zero-order chi connectivity index (χ0) is 19.7. The number of carbonyl (C=O) groups is 1. The van der Waals surface area contributed by atoms with Gasteiger partial charge in [-0.15, -0.1) is 0 Å². The summed E-state index contributed by atoms with van der Waals surface area (Å²) in [7, 11) is 0. The topological polar surface area (TPSA) is 42.4 Å². The fourth-order valence-electron chi connectivity index (χ4n) is 3.24. The Labute approximate surface area is 171 Å². The maximum atomic E-state index is 13.6.